The van der Waals surface area contributed by atoms with Crippen molar-refractivity contribution < 1.29 is 9.47 Å². The maximum absolute atomic E-state index is 9.11. The Hall–Kier alpha value is -2.45. The Labute approximate surface area is 179 Å². The molecule has 158 valence electrons. The summed E-state index contributed by atoms with van der Waals surface area (Å²) < 4.78 is 11.6. The second-order valence-electron chi connectivity index (χ2n) is 8.87. The molecule has 5 nitrogen and oxygen atoms in total. The van der Waals surface area contributed by atoms with E-state index in [0.717, 1.165) is 50.7 Å². The van der Waals surface area contributed by atoms with Crippen LogP contribution >= 0.6 is 0 Å². The average molecular weight is 406 g/mol. The Morgan fingerprint density at radius 2 is 2.03 bits per heavy atom. The molecule has 0 amide bonds. The van der Waals surface area contributed by atoms with Crippen LogP contribution in [0.25, 0.3) is 0 Å². The molecule has 30 heavy (non-hydrogen) atoms. The smallest absolute Gasteiger partial charge is 0.182 e. The molecular weight excluding hydrogens is 374 g/mol. The fraction of sp³-hybridized carbons (Fsp3) is 0.560. The number of unbranched alkanes of at least 4 members (excludes halogenated alkanes) is 1. The lowest BCUT2D eigenvalue weighted by molar-refractivity contribution is -0.104. The molecule has 1 aliphatic heterocycles. The standard InChI is InChI=1S/C25H31N3O2/c1-29-22-16-20(18-28-21(22)17-26)8-2-4-10-24(23-9-3-7-14-27-23)13-15-30-25(19-24)11-5-6-12-25/h3,7,9,14,16,18H,2,4-6,8,10-13,15,19H2,1H3. The van der Waals surface area contributed by atoms with Gasteiger partial charge in [-0.05, 0) is 68.7 Å². The first-order valence-corrected chi connectivity index (χ1v) is 11.2. The summed E-state index contributed by atoms with van der Waals surface area (Å²) in [6, 6.07) is 10.4. The van der Waals surface area contributed by atoms with Crippen LogP contribution in [0, 0.1) is 11.3 Å². The van der Waals surface area contributed by atoms with E-state index in [1.54, 1.807) is 13.3 Å². The highest BCUT2D eigenvalue weighted by Crippen LogP contribution is 2.50. The van der Waals surface area contributed by atoms with E-state index in [0.29, 0.717) is 11.4 Å². The molecule has 0 N–H and O–H groups in total. The van der Waals surface area contributed by atoms with E-state index in [1.165, 1.54) is 31.4 Å². The van der Waals surface area contributed by atoms with Crippen molar-refractivity contribution in [3.05, 3.63) is 53.6 Å². The third-order valence-corrected chi connectivity index (χ3v) is 6.98. The molecule has 1 atom stereocenters. The lowest BCUT2D eigenvalue weighted by Gasteiger charge is -2.46. The van der Waals surface area contributed by atoms with E-state index in [9.17, 15) is 0 Å². The van der Waals surface area contributed by atoms with Crippen LogP contribution in [0.15, 0.2) is 36.7 Å². The number of rotatable bonds is 7. The molecule has 3 heterocycles. The summed E-state index contributed by atoms with van der Waals surface area (Å²) in [4.78, 5) is 9.03. The number of aryl methyl sites for hydroxylation is 1. The maximum atomic E-state index is 9.11. The molecule has 1 aliphatic carbocycles. The first-order valence-electron chi connectivity index (χ1n) is 11.2. The van der Waals surface area contributed by atoms with Crippen molar-refractivity contribution in [2.75, 3.05) is 13.7 Å². The molecule has 2 fully saturated rings. The van der Waals surface area contributed by atoms with E-state index >= 15 is 0 Å². The first kappa shape index (κ1) is 20.8. The van der Waals surface area contributed by atoms with Crippen molar-refractivity contribution >= 4 is 0 Å². The van der Waals surface area contributed by atoms with Gasteiger partial charge < -0.3 is 9.47 Å². The lowest BCUT2D eigenvalue weighted by Crippen LogP contribution is -2.46. The van der Waals surface area contributed by atoms with Gasteiger partial charge in [-0.1, -0.05) is 25.3 Å². The summed E-state index contributed by atoms with van der Waals surface area (Å²) in [6.45, 7) is 0.841. The summed E-state index contributed by atoms with van der Waals surface area (Å²) in [5.41, 5.74) is 2.89. The second kappa shape index (κ2) is 9.14. The van der Waals surface area contributed by atoms with Crippen LogP contribution in [0.2, 0.25) is 0 Å². The Morgan fingerprint density at radius 3 is 2.77 bits per heavy atom. The van der Waals surface area contributed by atoms with Crippen molar-refractivity contribution in [2.45, 2.75) is 75.2 Å². The summed E-state index contributed by atoms with van der Waals surface area (Å²) in [6.07, 6.45) is 15.1. The molecule has 0 radical (unpaired) electrons. The fourth-order valence-electron chi connectivity index (χ4n) is 5.45. The van der Waals surface area contributed by atoms with Crippen LogP contribution < -0.4 is 4.74 Å². The zero-order valence-electron chi connectivity index (χ0n) is 17.9. The van der Waals surface area contributed by atoms with Gasteiger partial charge >= 0.3 is 0 Å². The van der Waals surface area contributed by atoms with Gasteiger partial charge in [-0.25, -0.2) is 4.98 Å². The number of aromatic nitrogens is 2. The van der Waals surface area contributed by atoms with Crippen LogP contribution in [0.4, 0.5) is 0 Å². The molecule has 2 aliphatic rings. The number of ether oxygens (including phenoxy) is 2. The van der Waals surface area contributed by atoms with Crippen LogP contribution in [-0.4, -0.2) is 29.3 Å². The van der Waals surface area contributed by atoms with E-state index in [2.05, 4.69) is 23.2 Å². The normalized spacial score (nSPS) is 22.7. The third-order valence-electron chi connectivity index (χ3n) is 6.98. The van der Waals surface area contributed by atoms with Crippen LogP contribution in [0.5, 0.6) is 5.75 Å². The Morgan fingerprint density at radius 1 is 1.17 bits per heavy atom. The number of methoxy groups -OCH3 is 1. The van der Waals surface area contributed by atoms with Crippen LogP contribution in [0.1, 0.15) is 74.7 Å². The van der Waals surface area contributed by atoms with Gasteiger partial charge in [-0.15, -0.1) is 0 Å². The highest BCUT2D eigenvalue weighted by Gasteiger charge is 2.48. The molecule has 2 aromatic rings. The summed E-state index contributed by atoms with van der Waals surface area (Å²) in [5.74, 6) is 0.563. The molecule has 1 saturated heterocycles. The van der Waals surface area contributed by atoms with E-state index in [1.807, 2.05) is 18.3 Å². The quantitative estimate of drug-likeness (QED) is 0.597. The van der Waals surface area contributed by atoms with Crippen LogP contribution in [-0.2, 0) is 16.6 Å². The average Bonchev–Trinajstić information content (AvgIpc) is 3.24. The lowest BCUT2D eigenvalue weighted by atomic mass is 9.67. The maximum Gasteiger partial charge on any atom is 0.182 e. The largest absolute Gasteiger partial charge is 0.494 e. The van der Waals surface area contributed by atoms with Gasteiger partial charge in [0.05, 0.1) is 12.7 Å². The zero-order valence-corrected chi connectivity index (χ0v) is 17.9. The van der Waals surface area contributed by atoms with Crippen molar-refractivity contribution in [1.29, 1.82) is 5.26 Å². The van der Waals surface area contributed by atoms with Crippen molar-refractivity contribution in [2.24, 2.45) is 0 Å². The summed E-state index contributed by atoms with van der Waals surface area (Å²) in [5, 5.41) is 9.11. The molecule has 0 aromatic carbocycles. The number of hydrogen-bond acceptors (Lipinski definition) is 5. The number of nitriles is 1. The van der Waals surface area contributed by atoms with E-state index in [4.69, 9.17) is 19.7 Å². The SMILES string of the molecule is COc1cc(CCCCC2(c3ccccn3)CCOC3(CCCC3)C2)cnc1C#N. The molecule has 2 aromatic heterocycles. The fourth-order valence-corrected chi connectivity index (χ4v) is 5.45. The summed E-state index contributed by atoms with van der Waals surface area (Å²) in [7, 11) is 1.59. The third kappa shape index (κ3) is 4.34. The van der Waals surface area contributed by atoms with Gasteiger partial charge in [0.25, 0.3) is 0 Å². The number of nitrogens with zero attached hydrogens (tertiary/aromatic N) is 3. The number of pyridine rings is 2. The van der Waals surface area contributed by atoms with Gasteiger partial charge in [-0.3, -0.25) is 4.98 Å². The topological polar surface area (TPSA) is 68.0 Å². The molecule has 1 spiro atoms. The Balaban J connectivity index is 1.44. The summed E-state index contributed by atoms with van der Waals surface area (Å²) >= 11 is 0. The minimum atomic E-state index is 0.0696. The predicted octanol–water partition coefficient (Wildman–Crippen LogP) is 5.13. The monoisotopic (exact) mass is 405 g/mol. The molecule has 1 unspecified atom stereocenters. The van der Waals surface area contributed by atoms with E-state index in [-0.39, 0.29) is 11.0 Å². The molecule has 0 bridgehead atoms. The minimum Gasteiger partial charge on any atom is -0.494 e. The van der Waals surface area contributed by atoms with Crippen LogP contribution in [0.3, 0.4) is 0 Å². The van der Waals surface area contributed by atoms with Crippen molar-refractivity contribution in [3.63, 3.8) is 0 Å². The van der Waals surface area contributed by atoms with E-state index < -0.39 is 0 Å². The molecular formula is C25H31N3O2. The molecule has 5 heteroatoms. The highest BCUT2D eigenvalue weighted by atomic mass is 16.5. The Bertz CT molecular complexity index is 887. The van der Waals surface area contributed by atoms with Crippen molar-refractivity contribution in [3.8, 4) is 11.8 Å². The zero-order chi connectivity index (χ0) is 20.9. The molecule has 4 rings (SSSR count). The second-order valence-corrected chi connectivity index (χ2v) is 8.87. The predicted molar refractivity (Wildman–Crippen MR) is 115 cm³/mol. The minimum absolute atomic E-state index is 0.0696. The highest BCUT2D eigenvalue weighted by molar-refractivity contribution is 5.39. The van der Waals surface area contributed by atoms with Gasteiger partial charge in [-0.2, -0.15) is 5.26 Å². The number of hydrogen-bond donors (Lipinski definition) is 0. The van der Waals surface area contributed by atoms with Gasteiger partial charge in [0, 0.05) is 30.1 Å². The van der Waals surface area contributed by atoms with Gasteiger partial charge in [0.1, 0.15) is 6.07 Å². The van der Waals surface area contributed by atoms with Crippen molar-refractivity contribution in [1.82, 2.24) is 9.97 Å². The first-order chi connectivity index (χ1) is 14.7. The van der Waals surface area contributed by atoms with Gasteiger partial charge in [0.15, 0.2) is 11.4 Å². The Kier molecular flexibility index (Phi) is 6.34. The van der Waals surface area contributed by atoms with Gasteiger partial charge in [0.2, 0.25) is 0 Å². The molecule has 1 saturated carbocycles.